The first kappa shape index (κ1) is 27.7. The van der Waals surface area contributed by atoms with E-state index < -0.39 is 17.0 Å². The molecule has 1 fully saturated rings. The number of rotatable bonds is 9. The van der Waals surface area contributed by atoms with Crippen molar-refractivity contribution in [2.45, 2.75) is 44.6 Å². The quantitative estimate of drug-likeness (QED) is 0.269. The molecule has 1 N–H and O–H groups in total. The third-order valence-electron chi connectivity index (χ3n) is 7.76. The van der Waals surface area contributed by atoms with Crippen LogP contribution in [0.2, 0.25) is 0 Å². The molecule has 2 amide bonds. The van der Waals surface area contributed by atoms with Crippen molar-refractivity contribution >= 4 is 40.1 Å². The molecule has 1 unspecified atom stereocenters. The van der Waals surface area contributed by atoms with Gasteiger partial charge in [0.2, 0.25) is 16.9 Å². The minimum Gasteiger partial charge on any atom is -0.481 e. The lowest BCUT2D eigenvalue weighted by molar-refractivity contribution is -0.140. The maximum absolute atomic E-state index is 15.7. The normalized spacial score (nSPS) is 15.3. The van der Waals surface area contributed by atoms with Gasteiger partial charge in [0.1, 0.15) is 11.5 Å². The van der Waals surface area contributed by atoms with E-state index in [0.717, 1.165) is 46.4 Å². The van der Waals surface area contributed by atoms with Crippen molar-refractivity contribution in [1.82, 2.24) is 9.97 Å². The van der Waals surface area contributed by atoms with Crippen LogP contribution in [0.5, 0.6) is 0 Å². The van der Waals surface area contributed by atoms with Gasteiger partial charge in [0.15, 0.2) is 5.13 Å². The van der Waals surface area contributed by atoms with E-state index in [1.165, 1.54) is 4.90 Å². The summed E-state index contributed by atoms with van der Waals surface area (Å²) in [6, 6.07) is 18.5. The number of carbonyl (C=O) groups is 3. The molecule has 214 valence electrons. The van der Waals surface area contributed by atoms with E-state index in [4.69, 9.17) is 0 Å². The van der Waals surface area contributed by atoms with E-state index in [-0.39, 0.29) is 41.5 Å². The van der Waals surface area contributed by atoms with Gasteiger partial charge in [0.05, 0.1) is 12.3 Å². The number of thiazole rings is 1. The molecule has 1 aliphatic carbocycles. The van der Waals surface area contributed by atoms with Crippen LogP contribution >= 0.6 is 11.3 Å². The van der Waals surface area contributed by atoms with E-state index in [1.807, 2.05) is 54.6 Å². The Morgan fingerprint density at radius 3 is 2.52 bits per heavy atom. The van der Waals surface area contributed by atoms with Gasteiger partial charge in [-0.2, -0.15) is 4.39 Å². The monoisotopic (exact) mass is 584 g/mol. The molecule has 1 saturated carbocycles. The predicted octanol–water partition coefficient (Wildman–Crippen LogP) is 5.75. The molecule has 0 saturated heterocycles. The number of carbonyl (C=O) groups excluding carboxylic acids is 2. The number of fused-ring (bicyclic) bond motifs is 1. The van der Waals surface area contributed by atoms with Crippen molar-refractivity contribution in [3.05, 3.63) is 83.1 Å². The average molecular weight is 585 g/mol. The van der Waals surface area contributed by atoms with Gasteiger partial charge < -0.3 is 5.11 Å². The van der Waals surface area contributed by atoms with E-state index >= 15 is 4.39 Å². The Balaban J connectivity index is 1.34. The fraction of sp³-hybridized carbons (Fsp3) is 0.281. The largest absolute Gasteiger partial charge is 0.481 e. The number of pyridine rings is 1. The molecule has 2 aromatic carbocycles. The van der Waals surface area contributed by atoms with Crippen molar-refractivity contribution in [2.24, 2.45) is 5.92 Å². The maximum Gasteiger partial charge on any atom is 0.304 e. The number of amides is 2. The molecule has 0 spiro atoms. The lowest BCUT2D eigenvalue weighted by Gasteiger charge is -2.25. The van der Waals surface area contributed by atoms with Crippen LogP contribution in [0.25, 0.3) is 22.4 Å². The van der Waals surface area contributed by atoms with Crippen LogP contribution in [0.15, 0.2) is 66.9 Å². The number of halogens is 1. The van der Waals surface area contributed by atoms with Crippen molar-refractivity contribution in [2.75, 3.05) is 16.8 Å². The Hall–Kier alpha value is -4.44. The molecule has 4 aromatic rings. The summed E-state index contributed by atoms with van der Waals surface area (Å²) in [5, 5.41) is 9.30. The van der Waals surface area contributed by atoms with Gasteiger partial charge in [0, 0.05) is 36.8 Å². The van der Waals surface area contributed by atoms with E-state index in [2.05, 4.69) is 9.97 Å². The first-order valence-electron chi connectivity index (χ1n) is 13.9. The van der Waals surface area contributed by atoms with Gasteiger partial charge in [-0.25, -0.2) is 9.97 Å². The molecule has 10 heteroatoms. The second kappa shape index (κ2) is 11.4. The summed E-state index contributed by atoms with van der Waals surface area (Å²) in [7, 11) is 1.71. The number of carboxylic acid groups (broad SMARTS) is 1. The second-order valence-corrected chi connectivity index (χ2v) is 11.7. The topological polar surface area (TPSA) is 104 Å². The predicted molar refractivity (Wildman–Crippen MR) is 159 cm³/mol. The van der Waals surface area contributed by atoms with Gasteiger partial charge in [-0.05, 0) is 48.4 Å². The first-order valence-corrected chi connectivity index (χ1v) is 14.7. The molecule has 3 heterocycles. The summed E-state index contributed by atoms with van der Waals surface area (Å²) >= 11 is 0.804. The highest BCUT2D eigenvalue weighted by molar-refractivity contribution is 7.14. The van der Waals surface area contributed by atoms with Gasteiger partial charge in [0.25, 0.3) is 0 Å². The van der Waals surface area contributed by atoms with E-state index in [1.54, 1.807) is 24.2 Å². The van der Waals surface area contributed by atoms with Crippen molar-refractivity contribution in [3.8, 4) is 22.4 Å². The number of anilines is 2. The van der Waals surface area contributed by atoms with Crippen molar-refractivity contribution in [1.29, 1.82) is 0 Å². The highest BCUT2D eigenvalue weighted by Gasteiger charge is 2.40. The molecule has 42 heavy (non-hydrogen) atoms. The summed E-state index contributed by atoms with van der Waals surface area (Å²) in [5.41, 5.74) is 4.01. The molecule has 1 atom stereocenters. The third kappa shape index (κ3) is 5.54. The Morgan fingerprint density at radius 1 is 1.10 bits per heavy atom. The van der Waals surface area contributed by atoms with Crippen LogP contribution in [0, 0.1) is 11.0 Å². The molecule has 2 aromatic heterocycles. The number of aliphatic carboxylic acids is 1. The average Bonchev–Trinajstić information content (AvgIpc) is 3.75. The Kier molecular flexibility index (Phi) is 7.55. The van der Waals surface area contributed by atoms with Crippen LogP contribution in [-0.2, 0) is 27.2 Å². The van der Waals surface area contributed by atoms with Crippen LogP contribution in [0.1, 0.15) is 36.8 Å². The SMILES string of the molecule is CN1C(=O)CCc2cc(-c3ccccc3-c3nc(N(C(=O)C(CC(=O)O)Cc4ccccc4)C4CC4)sc3F)cnc21. The zero-order valence-electron chi connectivity index (χ0n) is 23.0. The van der Waals surface area contributed by atoms with Gasteiger partial charge in [-0.1, -0.05) is 65.9 Å². The number of aryl methyl sites for hydroxylation is 1. The van der Waals surface area contributed by atoms with Crippen molar-refractivity contribution in [3.63, 3.8) is 0 Å². The fourth-order valence-corrected chi connectivity index (χ4v) is 6.37. The lowest BCUT2D eigenvalue weighted by atomic mass is 9.94. The second-order valence-electron chi connectivity index (χ2n) is 10.7. The summed E-state index contributed by atoms with van der Waals surface area (Å²) in [4.78, 5) is 50.0. The number of nitrogens with zero attached hydrogens (tertiary/aromatic N) is 4. The van der Waals surface area contributed by atoms with Gasteiger partial charge in [-0.15, -0.1) is 0 Å². The smallest absolute Gasteiger partial charge is 0.304 e. The molecule has 2 aliphatic rings. The number of hydrogen-bond acceptors (Lipinski definition) is 6. The summed E-state index contributed by atoms with van der Waals surface area (Å²) in [6.45, 7) is 0. The van der Waals surface area contributed by atoms with E-state index in [0.29, 0.717) is 24.2 Å². The van der Waals surface area contributed by atoms with Crippen LogP contribution in [-0.4, -0.2) is 45.9 Å². The molecular formula is C32H29FN4O4S. The van der Waals surface area contributed by atoms with Crippen molar-refractivity contribution < 1.29 is 23.9 Å². The zero-order valence-corrected chi connectivity index (χ0v) is 23.8. The third-order valence-corrected chi connectivity index (χ3v) is 8.60. The standard InChI is InChI=1S/C32H29FN4O4S/c1-36-26(38)14-11-20-16-22(18-34-30(20)36)24-9-5-6-10-25(24)28-29(33)42-32(35-28)37(23-12-13-23)31(41)21(17-27(39)40)15-19-7-3-2-4-8-19/h2-10,16,18,21,23H,11-15,17H2,1H3,(H,39,40). The van der Waals surface area contributed by atoms with E-state index in [9.17, 15) is 19.5 Å². The lowest BCUT2D eigenvalue weighted by Crippen LogP contribution is -2.39. The van der Waals surface area contributed by atoms with Gasteiger partial charge >= 0.3 is 5.97 Å². The Bertz CT molecular complexity index is 1670. The fourth-order valence-electron chi connectivity index (χ4n) is 5.48. The highest BCUT2D eigenvalue weighted by atomic mass is 32.1. The number of benzene rings is 2. The molecule has 8 nitrogen and oxygen atoms in total. The van der Waals surface area contributed by atoms with Crippen LogP contribution < -0.4 is 9.80 Å². The molecule has 0 bridgehead atoms. The highest BCUT2D eigenvalue weighted by Crippen LogP contribution is 2.42. The Morgan fingerprint density at radius 2 is 1.81 bits per heavy atom. The van der Waals surface area contributed by atoms with Crippen LogP contribution in [0.3, 0.4) is 0 Å². The minimum absolute atomic E-state index is 0.0179. The first-order chi connectivity index (χ1) is 20.3. The summed E-state index contributed by atoms with van der Waals surface area (Å²) < 4.78 is 15.7. The summed E-state index contributed by atoms with van der Waals surface area (Å²) in [6.07, 6.45) is 4.10. The maximum atomic E-state index is 15.7. The minimum atomic E-state index is -1.06. The summed E-state index contributed by atoms with van der Waals surface area (Å²) in [5.74, 6) is -1.58. The number of carboxylic acids is 1. The Labute approximate surface area is 246 Å². The van der Waals surface area contributed by atoms with Gasteiger partial charge in [-0.3, -0.25) is 24.2 Å². The molecule has 1 aliphatic heterocycles. The van der Waals surface area contributed by atoms with Crippen LogP contribution in [0.4, 0.5) is 15.3 Å². The molecule has 6 rings (SSSR count). The molecular weight excluding hydrogens is 555 g/mol. The zero-order chi connectivity index (χ0) is 29.4. The number of aromatic nitrogens is 2. The molecule has 0 radical (unpaired) electrons. The number of hydrogen-bond donors (Lipinski definition) is 1.